The molecule has 2 fully saturated rings. The quantitative estimate of drug-likeness (QED) is 0.745. The Hall–Kier alpha value is -0.120. The first kappa shape index (κ1) is 11.4. The standard InChI is InChI=1S/C12H25N3/c13-10-12-4-7-15(11-12)9-8-14-5-2-1-3-6-14/h12H,1-11,13H2. The van der Waals surface area contributed by atoms with Gasteiger partial charge in [-0.05, 0) is 51.4 Å². The van der Waals surface area contributed by atoms with Gasteiger partial charge in [-0.1, -0.05) is 6.42 Å². The topological polar surface area (TPSA) is 32.5 Å². The molecular formula is C12H25N3. The van der Waals surface area contributed by atoms with E-state index in [4.69, 9.17) is 5.73 Å². The SMILES string of the molecule is NCC1CCN(CCN2CCCCC2)C1. The summed E-state index contributed by atoms with van der Waals surface area (Å²) in [4.78, 5) is 5.21. The van der Waals surface area contributed by atoms with Gasteiger partial charge in [0.2, 0.25) is 0 Å². The molecule has 15 heavy (non-hydrogen) atoms. The number of hydrogen-bond acceptors (Lipinski definition) is 3. The summed E-state index contributed by atoms with van der Waals surface area (Å²) in [5, 5.41) is 0. The Labute approximate surface area is 93.6 Å². The maximum Gasteiger partial charge on any atom is 0.0109 e. The Balaban J connectivity index is 1.61. The van der Waals surface area contributed by atoms with Crippen molar-refractivity contribution in [3.8, 4) is 0 Å². The van der Waals surface area contributed by atoms with E-state index in [1.165, 1.54) is 65.0 Å². The van der Waals surface area contributed by atoms with E-state index in [1.807, 2.05) is 0 Å². The van der Waals surface area contributed by atoms with Gasteiger partial charge in [0.15, 0.2) is 0 Å². The van der Waals surface area contributed by atoms with Crippen LogP contribution in [-0.4, -0.2) is 55.6 Å². The van der Waals surface area contributed by atoms with Crippen molar-refractivity contribution in [2.45, 2.75) is 25.7 Å². The summed E-state index contributed by atoms with van der Waals surface area (Å²) in [6, 6.07) is 0. The minimum Gasteiger partial charge on any atom is -0.330 e. The second kappa shape index (κ2) is 5.83. The minimum atomic E-state index is 0.770. The first-order valence-corrected chi connectivity index (χ1v) is 6.53. The molecule has 1 atom stereocenters. The van der Waals surface area contributed by atoms with E-state index < -0.39 is 0 Å². The molecule has 3 heteroatoms. The van der Waals surface area contributed by atoms with Gasteiger partial charge in [0.1, 0.15) is 0 Å². The molecule has 0 spiro atoms. The lowest BCUT2D eigenvalue weighted by atomic mass is 10.1. The molecule has 3 nitrogen and oxygen atoms in total. The first-order valence-electron chi connectivity index (χ1n) is 6.53. The van der Waals surface area contributed by atoms with E-state index in [-0.39, 0.29) is 0 Å². The molecule has 0 amide bonds. The van der Waals surface area contributed by atoms with Crippen molar-refractivity contribution >= 4 is 0 Å². The number of piperidine rings is 1. The fraction of sp³-hybridized carbons (Fsp3) is 1.00. The van der Waals surface area contributed by atoms with Crippen molar-refractivity contribution in [2.24, 2.45) is 11.7 Å². The monoisotopic (exact) mass is 211 g/mol. The van der Waals surface area contributed by atoms with E-state index in [1.54, 1.807) is 0 Å². The number of likely N-dealkylation sites (tertiary alicyclic amines) is 2. The van der Waals surface area contributed by atoms with Crippen LogP contribution in [0.4, 0.5) is 0 Å². The van der Waals surface area contributed by atoms with Gasteiger partial charge in [-0.3, -0.25) is 0 Å². The maximum atomic E-state index is 5.70. The molecule has 0 bridgehead atoms. The van der Waals surface area contributed by atoms with E-state index >= 15 is 0 Å². The van der Waals surface area contributed by atoms with Crippen LogP contribution in [0.15, 0.2) is 0 Å². The zero-order valence-corrected chi connectivity index (χ0v) is 9.83. The number of rotatable bonds is 4. The smallest absolute Gasteiger partial charge is 0.0109 e. The van der Waals surface area contributed by atoms with Gasteiger partial charge in [-0.15, -0.1) is 0 Å². The molecule has 2 rings (SSSR count). The Bertz CT molecular complexity index is 178. The predicted octanol–water partition coefficient (Wildman–Crippen LogP) is 0.753. The summed E-state index contributed by atoms with van der Waals surface area (Å²) >= 11 is 0. The average molecular weight is 211 g/mol. The Morgan fingerprint density at radius 2 is 1.67 bits per heavy atom. The van der Waals surface area contributed by atoms with Crippen LogP contribution in [0.3, 0.4) is 0 Å². The maximum absolute atomic E-state index is 5.70. The van der Waals surface area contributed by atoms with E-state index in [2.05, 4.69) is 9.80 Å². The first-order chi connectivity index (χ1) is 7.38. The molecule has 0 aromatic carbocycles. The Morgan fingerprint density at radius 3 is 2.33 bits per heavy atom. The van der Waals surface area contributed by atoms with Crippen molar-refractivity contribution in [3.63, 3.8) is 0 Å². The van der Waals surface area contributed by atoms with Crippen LogP contribution in [0.1, 0.15) is 25.7 Å². The van der Waals surface area contributed by atoms with Crippen LogP contribution in [0.2, 0.25) is 0 Å². The summed E-state index contributed by atoms with van der Waals surface area (Å²) in [7, 11) is 0. The van der Waals surface area contributed by atoms with Gasteiger partial charge in [-0.2, -0.15) is 0 Å². The van der Waals surface area contributed by atoms with Crippen LogP contribution in [0, 0.1) is 5.92 Å². The lowest BCUT2D eigenvalue weighted by Crippen LogP contribution is -2.37. The highest BCUT2D eigenvalue weighted by Gasteiger charge is 2.21. The summed E-state index contributed by atoms with van der Waals surface area (Å²) in [6.07, 6.45) is 5.57. The fourth-order valence-electron chi connectivity index (χ4n) is 2.77. The summed E-state index contributed by atoms with van der Waals surface area (Å²) in [5.74, 6) is 0.770. The van der Waals surface area contributed by atoms with Gasteiger partial charge < -0.3 is 15.5 Å². The van der Waals surface area contributed by atoms with Crippen LogP contribution in [0.25, 0.3) is 0 Å². The minimum absolute atomic E-state index is 0.770. The Morgan fingerprint density at radius 1 is 0.933 bits per heavy atom. The highest BCUT2D eigenvalue weighted by atomic mass is 15.2. The molecule has 2 saturated heterocycles. The number of nitrogens with two attached hydrogens (primary N) is 1. The highest BCUT2D eigenvalue weighted by molar-refractivity contribution is 4.77. The van der Waals surface area contributed by atoms with Crippen molar-refractivity contribution < 1.29 is 0 Å². The molecule has 88 valence electrons. The zero-order chi connectivity index (χ0) is 10.5. The molecule has 0 aliphatic carbocycles. The van der Waals surface area contributed by atoms with Crippen LogP contribution >= 0.6 is 0 Å². The normalized spacial score (nSPS) is 29.8. The van der Waals surface area contributed by atoms with Crippen molar-refractivity contribution in [1.29, 1.82) is 0 Å². The molecule has 0 aromatic heterocycles. The second-order valence-electron chi connectivity index (χ2n) is 5.09. The summed E-state index contributed by atoms with van der Waals surface area (Å²) in [5.41, 5.74) is 5.70. The van der Waals surface area contributed by atoms with Gasteiger partial charge in [0.25, 0.3) is 0 Å². The van der Waals surface area contributed by atoms with Gasteiger partial charge in [0.05, 0.1) is 0 Å². The molecular weight excluding hydrogens is 186 g/mol. The summed E-state index contributed by atoms with van der Waals surface area (Å²) in [6.45, 7) is 8.58. The van der Waals surface area contributed by atoms with Crippen molar-refractivity contribution in [3.05, 3.63) is 0 Å². The highest BCUT2D eigenvalue weighted by Crippen LogP contribution is 2.15. The second-order valence-corrected chi connectivity index (χ2v) is 5.09. The molecule has 0 saturated carbocycles. The molecule has 2 aliphatic heterocycles. The lowest BCUT2D eigenvalue weighted by Gasteiger charge is -2.28. The largest absolute Gasteiger partial charge is 0.330 e. The molecule has 1 unspecified atom stereocenters. The van der Waals surface area contributed by atoms with Gasteiger partial charge in [-0.25, -0.2) is 0 Å². The molecule has 2 aliphatic rings. The summed E-state index contributed by atoms with van der Waals surface area (Å²) < 4.78 is 0. The third kappa shape index (κ3) is 3.44. The van der Waals surface area contributed by atoms with E-state index in [9.17, 15) is 0 Å². The zero-order valence-electron chi connectivity index (χ0n) is 9.83. The van der Waals surface area contributed by atoms with Gasteiger partial charge in [0, 0.05) is 19.6 Å². The molecule has 0 radical (unpaired) electrons. The van der Waals surface area contributed by atoms with Gasteiger partial charge >= 0.3 is 0 Å². The van der Waals surface area contributed by atoms with Crippen molar-refractivity contribution in [1.82, 2.24) is 9.80 Å². The number of hydrogen-bond donors (Lipinski definition) is 1. The van der Waals surface area contributed by atoms with Crippen molar-refractivity contribution in [2.75, 3.05) is 45.8 Å². The third-order valence-corrected chi connectivity index (χ3v) is 3.88. The lowest BCUT2D eigenvalue weighted by molar-refractivity contribution is 0.194. The molecule has 2 heterocycles. The van der Waals surface area contributed by atoms with Crippen LogP contribution in [0.5, 0.6) is 0 Å². The molecule has 2 N–H and O–H groups in total. The van der Waals surface area contributed by atoms with E-state index in [0.29, 0.717) is 0 Å². The van der Waals surface area contributed by atoms with Crippen LogP contribution < -0.4 is 5.73 Å². The van der Waals surface area contributed by atoms with E-state index in [0.717, 1.165) is 12.5 Å². The van der Waals surface area contributed by atoms with Crippen LogP contribution in [-0.2, 0) is 0 Å². The molecule has 0 aromatic rings. The predicted molar refractivity (Wildman–Crippen MR) is 63.9 cm³/mol. The Kier molecular flexibility index (Phi) is 4.42. The fourth-order valence-corrected chi connectivity index (χ4v) is 2.77. The average Bonchev–Trinajstić information content (AvgIpc) is 2.76. The number of nitrogens with zero attached hydrogens (tertiary/aromatic N) is 2. The third-order valence-electron chi connectivity index (χ3n) is 3.88.